The highest BCUT2D eigenvalue weighted by Gasteiger charge is 2.14. The molecule has 0 bridgehead atoms. The minimum atomic E-state index is -0.526. The summed E-state index contributed by atoms with van der Waals surface area (Å²) in [7, 11) is 1.70. The van der Waals surface area contributed by atoms with E-state index in [1.165, 1.54) is 24.4 Å². The van der Waals surface area contributed by atoms with Crippen LogP contribution in [-0.4, -0.2) is 29.6 Å². The van der Waals surface area contributed by atoms with Crippen LogP contribution in [0.2, 0.25) is 0 Å². The molecule has 0 spiro atoms. The highest BCUT2D eigenvalue weighted by Crippen LogP contribution is 2.32. The van der Waals surface area contributed by atoms with E-state index in [0.29, 0.717) is 29.4 Å². The number of carbonyl (C=O) groups excluding carboxylic acids is 1. The Hall–Kier alpha value is -3.87. The minimum Gasteiger partial charge on any atom is -0.454 e. The van der Waals surface area contributed by atoms with Gasteiger partial charge in [-0.3, -0.25) is 9.78 Å². The number of hydrogen-bond acceptors (Lipinski definition) is 5. The summed E-state index contributed by atoms with van der Waals surface area (Å²) in [6.07, 6.45) is 6.08. The van der Waals surface area contributed by atoms with Crippen LogP contribution in [0.3, 0.4) is 0 Å². The molecular formula is C23H19FN2O4. The Morgan fingerprint density at radius 1 is 1.20 bits per heavy atom. The lowest BCUT2D eigenvalue weighted by molar-refractivity contribution is -0.125. The first-order valence-electron chi connectivity index (χ1n) is 9.27. The van der Waals surface area contributed by atoms with Crippen LogP contribution in [0.5, 0.6) is 23.0 Å². The Bertz CT molecular complexity index is 1090. The van der Waals surface area contributed by atoms with E-state index in [9.17, 15) is 9.18 Å². The number of fused-ring (bicyclic) bond motifs is 1. The molecule has 4 rings (SSSR count). The number of hydrogen-bond donors (Lipinski definition) is 0. The lowest BCUT2D eigenvalue weighted by atomic mass is 10.1. The molecule has 3 aromatic rings. The maximum Gasteiger partial charge on any atom is 0.246 e. The van der Waals surface area contributed by atoms with Crippen LogP contribution in [0.25, 0.3) is 6.08 Å². The van der Waals surface area contributed by atoms with Crippen molar-refractivity contribution < 1.29 is 23.4 Å². The van der Waals surface area contributed by atoms with E-state index in [1.807, 2.05) is 18.2 Å². The van der Waals surface area contributed by atoms with Gasteiger partial charge < -0.3 is 19.1 Å². The van der Waals surface area contributed by atoms with E-state index in [1.54, 1.807) is 42.4 Å². The molecule has 7 heteroatoms. The molecule has 0 radical (unpaired) electrons. The summed E-state index contributed by atoms with van der Waals surface area (Å²) >= 11 is 0. The van der Waals surface area contributed by atoms with Crippen molar-refractivity contribution in [3.05, 3.63) is 83.9 Å². The van der Waals surface area contributed by atoms with Crippen LogP contribution in [0.4, 0.5) is 4.39 Å². The SMILES string of the molecule is CN(Cc1ccc2c(c1)OCO2)C(=O)/C=C/c1ccc(Oc2cccnc2)c(F)c1. The van der Waals surface area contributed by atoms with E-state index in [4.69, 9.17) is 14.2 Å². The van der Waals surface area contributed by atoms with Crippen LogP contribution in [0, 0.1) is 5.82 Å². The monoisotopic (exact) mass is 406 g/mol. The zero-order valence-electron chi connectivity index (χ0n) is 16.2. The van der Waals surface area contributed by atoms with Crippen LogP contribution in [0.15, 0.2) is 67.0 Å². The minimum absolute atomic E-state index is 0.0893. The molecule has 0 fully saturated rings. The second-order valence-electron chi connectivity index (χ2n) is 6.70. The van der Waals surface area contributed by atoms with Gasteiger partial charge in [-0.25, -0.2) is 4.39 Å². The predicted molar refractivity (Wildman–Crippen MR) is 109 cm³/mol. The first-order chi connectivity index (χ1) is 14.6. The molecule has 2 aromatic carbocycles. The van der Waals surface area contributed by atoms with Gasteiger partial charge in [0.25, 0.3) is 0 Å². The van der Waals surface area contributed by atoms with Crippen molar-refractivity contribution in [1.29, 1.82) is 0 Å². The molecule has 0 N–H and O–H groups in total. The Balaban J connectivity index is 1.37. The van der Waals surface area contributed by atoms with Gasteiger partial charge in [0.1, 0.15) is 5.75 Å². The third-order valence-electron chi connectivity index (χ3n) is 4.47. The number of rotatable bonds is 6. The van der Waals surface area contributed by atoms with Crippen molar-refractivity contribution in [2.24, 2.45) is 0 Å². The van der Waals surface area contributed by atoms with Gasteiger partial charge in [-0.15, -0.1) is 0 Å². The van der Waals surface area contributed by atoms with E-state index >= 15 is 0 Å². The molecule has 1 amide bonds. The average Bonchev–Trinajstić information content (AvgIpc) is 3.22. The Kier molecular flexibility index (Phi) is 5.61. The number of benzene rings is 2. The van der Waals surface area contributed by atoms with Gasteiger partial charge in [0, 0.05) is 25.9 Å². The number of amides is 1. The van der Waals surface area contributed by atoms with E-state index in [2.05, 4.69) is 4.98 Å². The molecule has 30 heavy (non-hydrogen) atoms. The van der Waals surface area contributed by atoms with Crippen LogP contribution >= 0.6 is 0 Å². The van der Waals surface area contributed by atoms with Crippen molar-refractivity contribution in [2.45, 2.75) is 6.54 Å². The largest absolute Gasteiger partial charge is 0.454 e. The van der Waals surface area contributed by atoms with Crippen LogP contribution in [-0.2, 0) is 11.3 Å². The summed E-state index contributed by atoms with van der Waals surface area (Å²) in [5.74, 6) is 1.18. The molecule has 1 aliphatic rings. The van der Waals surface area contributed by atoms with Gasteiger partial charge in [0.05, 0.1) is 6.20 Å². The second kappa shape index (κ2) is 8.65. The van der Waals surface area contributed by atoms with E-state index < -0.39 is 5.82 Å². The number of ether oxygens (including phenoxy) is 3. The smallest absolute Gasteiger partial charge is 0.246 e. The summed E-state index contributed by atoms with van der Waals surface area (Å²) in [5.41, 5.74) is 1.47. The summed E-state index contributed by atoms with van der Waals surface area (Å²) in [4.78, 5) is 17.9. The van der Waals surface area contributed by atoms with Crippen molar-refractivity contribution >= 4 is 12.0 Å². The Labute approximate surface area is 173 Å². The van der Waals surface area contributed by atoms with Crippen LogP contribution in [0.1, 0.15) is 11.1 Å². The number of carbonyl (C=O) groups is 1. The molecule has 0 unspecified atom stereocenters. The molecule has 1 aromatic heterocycles. The fourth-order valence-corrected chi connectivity index (χ4v) is 2.92. The summed E-state index contributed by atoms with van der Waals surface area (Å²) < 4.78 is 30.4. The topological polar surface area (TPSA) is 60.9 Å². The molecule has 0 atom stereocenters. The Morgan fingerprint density at radius 3 is 2.87 bits per heavy atom. The quantitative estimate of drug-likeness (QED) is 0.568. The molecule has 0 aliphatic carbocycles. The molecular weight excluding hydrogens is 387 g/mol. The van der Waals surface area contributed by atoms with Crippen LogP contribution < -0.4 is 14.2 Å². The number of nitrogens with zero attached hydrogens (tertiary/aromatic N) is 2. The van der Waals surface area contributed by atoms with E-state index in [0.717, 1.165) is 5.56 Å². The molecule has 152 valence electrons. The van der Waals surface area contributed by atoms with Gasteiger partial charge in [0.15, 0.2) is 23.1 Å². The predicted octanol–water partition coefficient (Wildman–Crippen LogP) is 4.41. The lowest BCUT2D eigenvalue weighted by Crippen LogP contribution is -2.24. The normalized spacial score (nSPS) is 12.2. The van der Waals surface area contributed by atoms with Crippen molar-refractivity contribution in [3.63, 3.8) is 0 Å². The van der Waals surface area contributed by atoms with E-state index in [-0.39, 0.29) is 18.4 Å². The summed E-state index contributed by atoms with van der Waals surface area (Å²) in [6.45, 7) is 0.616. The zero-order chi connectivity index (χ0) is 20.9. The molecule has 0 saturated carbocycles. The summed E-state index contributed by atoms with van der Waals surface area (Å²) in [5, 5.41) is 0. The highest BCUT2D eigenvalue weighted by molar-refractivity contribution is 5.91. The third kappa shape index (κ3) is 4.57. The number of aromatic nitrogens is 1. The van der Waals surface area contributed by atoms with Crippen molar-refractivity contribution in [3.8, 4) is 23.0 Å². The highest BCUT2D eigenvalue weighted by atomic mass is 19.1. The maximum atomic E-state index is 14.3. The first kappa shape index (κ1) is 19.4. The Morgan fingerprint density at radius 2 is 2.07 bits per heavy atom. The number of pyridine rings is 1. The second-order valence-corrected chi connectivity index (χ2v) is 6.70. The fourth-order valence-electron chi connectivity index (χ4n) is 2.92. The number of halogens is 1. The van der Waals surface area contributed by atoms with Gasteiger partial charge >= 0.3 is 0 Å². The van der Waals surface area contributed by atoms with Gasteiger partial charge in [-0.05, 0) is 53.6 Å². The van der Waals surface area contributed by atoms with Gasteiger partial charge in [-0.1, -0.05) is 12.1 Å². The van der Waals surface area contributed by atoms with Gasteiger partial charge in [-0.2, -0.15) is 0 Å². The lowest BCUT2D eigenvalue weighted by Gasteiger charge is -2.15. The third-order valence-corrected chi connectivity index (χ3v) is 4.47. The zero-order valence-corrected chi connectivity index (χ0v) is 16.2. The molecule has 6 nitrogen and oxygen atoms in total. The van der Waals surface area contributed by atoms with Crippen molar-refractivity contribution in [2.75, 3.05) is 13.8 Å². The molecule has 1 aliphatic heterocycles. The average molecular weight is 406 g/mol. The fraction of sp³-hybridized carbons (Fsp3) is 0.130. The molecule has 2 heterocycles. The molecule has 0 saturated heterocycles. The summed E-state index contributed by atoms with van der Waals surface area (Å²) in [6, 6.07) is 13.5. The number of likely N-dealkylation sites (N-methyl/N-ethyl adjacent to an activating group) is 1. The standard InChI is InChI=1S/C23H19FN2O4/c1-26(14-17-5-8-21-22(12-17)29-15-28-21)23(27)9-6-16-4-7-20(19(24)11-16)30-18-3-2-10-25-13-18/h2-13H,14-15H2,1H3/b9-6+. The maximum absolute atomic E-state index is 14.3. The first-order valence-corrected chi connectivity index (χ1v) is 9.27. The van der Waals surface area contributed by atoms with Gasteiger partial charge in [0.2, 0.25) is 12.7 Å². The van der Waals surface area contributed by atoms with Crippen molar-refractivity contribution in [1.82, 2.24) is 9.88 Å².